The Bertz CT molecular complexity index is 614. The molecule has 0 aliphatic carbocycles. The summed E-state index contributed by atoms with van der Waals surface area (Å²) in [6.45, 7) is 1.82. The van der Waals surface area contributed by atoms with Crippen LogP contribution in [0.1, 0.15) is 12.8 Å². The maximum Gasteiger partial charge on any atom is 0.0491 e. The van der Waals surface area contributed by atoms with Crippen molar-refractivity contribution in [1.29, 1.82) is 0 Å². The smallest absolute Gasteiger partial charge is 0.0491 e. The predicted molar refractivity (Wildman–Crippen MR) is 77.7 cm³/mol. The molecule has 0 unspecified atom stereocenters. The Morgan fingerprint density at radius 1 is 0.778 bits per heavy atom. The van der Waals surface area contributed by atoms with E-state index in [0.717, 1.165) is 25.9 Å². The zero-order valence-corrected chi connectivity index (χ0v) is 10.5. The van der Waals surface area contributed by atoms with Crippen molar-refractivity contribution in [3.63, 3.8) is 0 Å². The highest BCUT2D eigenvalue weighted by atomic mass is 15.0. The van der Waals surface area contributed by atoms with Crippen molar-refractivity contribution in [1.82, 2.24) is 4.57 Å². The number of aromatic nitrogens is 1. The second-order valence-corrected chi connectivity index (χ2v) is 4.68. The molecule has 2 nitrogen and oxygen atoms in total. The number of unbranched alkanes of at least 4 members (excludes halogenated alkanes) is 1. The first-order valence-corrected chi connectivity index (χ1v) is 6.58. The maximum absolute atomic E-state index is 5.58. The molecule has 0 fully saturated rings. The minimum absolute atomic E-state index is 0.775. The summed E-state index contributed by atoms with van der Waals surface area (Å²) in [5.74, 6) is 0. The Morgan fingerprint density at radius 3 is 1.89 bits per heavy atom. The topological polar surface area (TPSA) is 30.9 Å². The van der Waals surface area contributed by atoms with Crippen molar-refractivity contribution in [2.24, 2.45) is 5.73 Å². The lowest BCUT2D eigenvalue weighted by Crippen LogP contribution is -2.02. The molecule has 2 N–H and O–H groups in total. The predicted octanol–water partition coefficient (Wildman–Crippen LogP) is 3.53. The normalized spacial score (nSPS) is 11.4. The minimum atomic E-state index is 0.775. The molecule has 0 aliphatic heterocycles. The number of hydrogen-bond donors (Lipinski definition) is 1. The number of benzene rings is 2. The number of aryl methyl sites for hydroxylation is 1. The van der Waals surface area contributed by atoms with Gasteiger partial charge in [-0.15, -0.1) is 0 Å². The molecule has 92 valence electrons. The molecule has 18 heavy (non-hydrogen) atoms. The highest BCUT2D eigenvalue weighted by Crippen LogP contribution is 2.28. The minimum Gasteiger partial charge on any atom is -0.340 e. The summed E-state index contributed by atoms with van der Waals surface area (Å²) >= 11 is 0. The largest absolute Gasteiger partial charge is 0.340 e. The Morgan fingerprint density at radius 2 is 1.33 bits per heavy atom. The molecule has 3 aromatic rings. The molecular weight excluding hydrogens is 220 g/mol. The van der Waals surface area contributed by atoms with Crippen molar-refractivity contribution in [2.45, 2.75) is 19.4 Å². The van der Waals surface area contributed by atoms with Gasteiger partial charge in [-0.25, -0.2) is 0 Å². The number of nitrogens with two attached hydrogens (primary N) is 1. The van der Waals surface area contributed by atoms with Crippen LogP contribution in [0, 0.1) is 0 Å². The third-order valence-corrected chi connectivity index (χ3v) is 3.52. The van der Waals surface area contributed by atoms with Gasteiger partial charge in [-0.2, -0.15) is 0 Å². The van der Waals surface area contributed by atoms with Crippen LogP contribution in [-0.4, -0.2) is 11.1 Å². The first-order chi connectivity index (χ1) is 8.92. The molecular formula is C16H18N2. The van der Waals surface area contributed by atoms with E-state index >= 15 is 0 Å². The van der Waals surface area contributed by atoms with Gasteiger partial charge in [-0.3, -0.25) is 0 Å². The van der Waals surface area contributed by atoms with Gasteiger partial charge in [0.1, 0.15) is 0 Å². The molecule has 1 heterocycles. The van der Waals surface area contributed by atoms with Gasteiger partial charge >= 0.3 is 0 Å². The van der Waals surface area contributed by atoms with Crippen molar-refractivity contribution in [3.8, 4) is 0 Å². The van der Waals surface area contributed by atoms with Gasteiger partial charge in [0.25, 0.3) is 0 Å². The third-order valence-electron chi connectivity index (χ3n) is 3.52. The summed E-state index contributed by atoms with van der Waals surface area (Å²) in [5, 5.41) is 2.70. The average Bonchev–Trinajstić information content (AvgIpc) is 2.74. The van der Waals surface area contributed by atoms with Gasteiger partial charge in [0.2, 0.25) is 0 Å². The molecule has 0 amide bonds. The summed E-state index contributed by atoms with van der Waals surface area (Å²) in [5.41, 5.74) is 8.24. The zero-order chi connectivity index (χ0) is 12.4. The Kier molecular flexibility index (Phi) is 3.03. The summed E-state index contributed by atoms with van der Waals surface area (Å²) in [6.07, 6.45) is 2.22. The van der Waals surface area contributed by atoms with E-state index < -0.39 is 0 Å². The van der Waals surface area contributed by atoms with E-state index in [2.05, 4.69) is 53.1 Å². The van der Waals surface area contributed by atoms with Gasteiger partial charge in [0.05, 0.1) is 0 Å². The number of hydrogen-bond acceptors (Lipinski definition) is 1. The van der Waals surface area contributed by atoms with Crippen LogP contribution in [0.15, 0.2) is 48.5 Å². The molecule has 3 rings (SSSR count). The van der Waals surface area contributed by atoms with E-state index in [0.29, 0.717) is 0 Å². The monoisotopic (exact) mass is 238 g/mol. The molecule has 0 atom stereocenters. The number of para-hydroxylation sites is 2. The highest BCUT2D eigenvalue weighted by Gasteiger charge is 2.08. The Hall–Kier alpha value is -1.80. The fourth-order valence-electron chi connectivity index (χ4n) is 2.66. The first kappa shape index (κ1) is 11.3. The molecule has 2 aromatic carbocycles. The van der Waals surface area contributed by atoms with Crippen LogP contribution in [0.4, 0.5) is 0 Å². The van der Waals surface area contributed by atoms with Crippen molar-refractivity contribution in [3.05, 3.63) is 48.5 Å². The van der Waals surface area contributed by atoms with Crippen LogP contribution in [0.25, 0.3) is 21.8 Å². The quantitative estimate of drug-likeness (QED) is 0.692. The fourth-order valence-corrected chi connectivity index (χ4v) is 2.66. The Balaban J connectivity index is 2.18. The molecule has 0 spiro atoms. The molecule has 0 bridgehead atoms. The number of fused-ring (bicyclic) bond motifs is 3. The lowest BCUT2D eigenvalue weighted by molar-refractivity contribution is 0.643. The van der Waals surface area contributed by atoms with E-state index in [9.17, 15) is 0 Å². The summed E-state index contributed by atoms with van der Waals surface area (Å²) in [4.78, 5) is 0. The van der Waals surface area contributed by atoms with Crippen LogP contribution in [0.2, 0.25) is 0 Å². The lowest BCUT2D eigenvalue weighted by atomic mass is 10.2. The van der Waals surface area contributed by atoms with E-state index in [1.807, 2.05) is 0 Å². The van der Waals surface area contributed by atoms with Gasteiger partial charge in [0, 0.05) is 28.4 Å². The van der Waals surface area contributed by atoms with Crippen LogP contribution in [0.5, 0.6) is 0 Å². The number of nitrogens with zero attached hydrogens (tertiary/aromatic N) is 1. The molecule has 2 heteroatoms. The maximum atomic E-state index is 5.58. The van der Waals surface area contributed by atoms with Gasteiger partial charge < -0.3 is 10.3 Å². The molecule has 0 saturated heterocycles. The second kappa shape index (κ2) is 4.83. The van der Waals surface area contributed by atoms with Crippen LogP contribution in [-0.2, 0) is 6.54 Å². The van der Waals surface area contributed by atoms with E-state index in [1.54, 1.807) is 0 Å². The van der Waals surface area contributed by atoms with E-state index in [4.69, 9.17) is 5.73 Å². The molecule has 0 radical (unpaired) electrons. The van der Waals surface area contributed by atoms with Gasteiger partial charge in [-0.1, -0.05) is 36.4 Å². The van der Waals surface area contributed by atoms with Crippen molar-refractivity contribution < 1.29 is 0 Å². The first-order valence-electron chi connectivity index (χ1n) is 6.58. The SMILES string of the molecule is NCCCCn1c2ccccc2c2ccccc21. The average molecular weight is 238 g/mol. The highest BCUT2D eigenvalue weighted by molar-refractivity contribution is 6.07. The summed E-state index contributed by atoms with van der Waals surface area (Å²) < 4.78 is 2.42. The van der Waals surface area contributed by atoms with E-state index in [1.165, 1.54) is 21.8 Å². The molecule has 0 aliphatic rings. The zero-order valence-electron chi connectivity index (χ0n) is 10.5. The van der Waals surface area contributed by atoms with Crippen molar-refractivity contribution >= 4 is 21.8 Å². The van der Waals surface area contributed by atoms with Crippen LogP contribution < -0.4 is 5.73 Å². The van der Waals surface area contributed by atoms with E-state index in [-0.39, 0.29) is 0 Å². The second-order valence-electron chi connectivity index (χ2n) is 4.68. The lowest BCUT2D eigenvalue weighted by Gasteiger charge is -2.06. The summed E-state index contributed by atoms with van der Waals surface area (Å²) in [6, 6.07) is 17.3. The van der Waals surface area contributed by atoms with Crippen LogP contribution >= 0.6 is 0 Å². The van der Waals surface area contributed by atoms with Crippen LogP contribution in [0.3, 0.4) is 0 Å². The van der Waals surface area contributed by atoms with Gasteiger partial charge in [-0.05, 0) is 31.5 Å². The number of rotatable bonds is 4. The fraction of sp³-hybridized carbons (Fsp3) is 0.250. The van der Waals surface area contributed by atoms with Gasteiger partial charge in [0.15, 0.2) is 0 Å². The third kappa shape index (κ3) is 1.79. The molecule has 1 aromatic heterocycles. The molecule has 0 saturated carbocycles. The summed E-state index contributed by atoms with van der Waals surface area (Å²) in [7, 11) is 0. The standard InChI is InChI=1S/C16H18N2/c17-11-5-6-12-18-15-9-3-1-7-13(15)14-8-2-4-10-16(14)18/h1-4,7-10H,5-6,11-12,17H2. The Labute approximate surface area is 107 Å². The van der Waals surface area contributed by atoms with Crippen molar-refractivity contribution in [2.75, 3.05) is 6.54 Å².